The summed E-state index contributed by atoms with van der Waals surface area (Å²) in [5.41, 5.74) is 8.12. The van der Waals surface area contributed by atoms with Gasteiger partial charge in [0.2, 0.25) is 5.95 Å². The molecule has 0 fully saturated rings. The van der Waals surface area contributed by atoms with Gasteiger partial charge in [0.15, 0.2) is 0 Å². The Morgan fingerprint density at radius 1 is 1.53 bits per heavy atom. The summed E-state index contributed by atoms with van der Waals surface area (Å²) in [6.45, 7) is 4.39. The maximum atomic E-state index is 12.0. The van der Waals surface area contributed by atoms with E-state index in [1.54, 1.807) is 0 Å². The van der Waals surface area contributed by atoms with Crippen molar-refractivity contribution < 1.29 is 4.79 Å². The SMILES string of the molecule is Cc1cc(C(=O)NCCc2nc(N)n[nH]2)c(C)n1C. The van der Waals surface area contributed by atoms with E-state index in [2.05, 4.69) is 20.5 Å². The third kappa shape index (κ3) is 2.75. The van der Waals surface area contributed by atoms with E-state index in [1.807, 2.05) is 31.5 Å². The number of carbonyl (C=O) groups is 1. The van der Waals surface area contributed by atoms with Crippen LogP contribution >= 0.6 is 0 Å². The first kappa shape index (κ1) is 13.1. The molecule has 0 aliphatic rings. The highest BCUT2D eigenvalue weighted by Gasteiger charge is 2.13. The minimum atomic E-state index is -0.0753. The van der Waals surface area contributed by atoms with Crippen LogP contribution in [0.4, 0.5) is 5.95 Å². The van der Waals surface area contributed by atoms with Crippen molar-refractivity contribution in [2.24, 2.45) is 7.05 Å². The summed E-state index contributed by atoms with van der Waals surface area (Å²) in [6.07, 6.45) is 0.570. The van der Waals surface area contributed by atoms with Gasteiger partial charge in [0, 0.05) is 31.4 Å². The predicted molar refractivity (Wildman–Crippen MR) is 71.7 cm³/mol. The van der Waals surface area contributed by atoms with Crippen LogP contribution in [-0.4, -0.2) is 32.2 Å². The number of nitrogens with two attached hydrogens (primary N) is 1. The molecule has 0 radical (unpaired) electrons. The van der Waals surface area contributed by atoms with Crippen molar-refractivity contribution in [3.63, 3.8) is 0 Å². The van der Waals surface area contributed by atoms with E-state index in [1.165, 1.54) is 0 Å². The van der Waals surface area contributed by atoms with Crippen molar-refractivity contribution in [3.8, 4) is 0 Å². The molecular formula is C12H18N6O. The monoisotopic (exact) mass is 262 g/mol. The molecule has 7 heteroatoms. The van der Waals surface area contributed by atoms with Crippen molar-refractivity contribution in [1.82, 2.24) is 25.1 Å². The Morgan fingerprint density at radius 3 is 2.79 bits per heavy atom. The minimum absolute atomic E-state index is 0.0753. The van der Waals surface area contributed by atoms with Crippen LogP contribution in [0.2, 0.25) is 0 Å². The zero-order chi connectivity index (χ0) is 14.0. The van der Waals surface area contributed by atoms with Crippen LogP contribution in [0.25, 0.3) is 0 Å². The van der Waals surface area contributed by atoms with Crippen molar-refractivity contribution in [2.45, 2.75) is 20.3 Å². The van der Waals surface area contributed by atoms with E-state index in [4.69, 9.17) is 5.73 Å². The Bertz CT molecular complexity index is 597. The van der Waals surface area contributed by atoms with Crippen LogP contribution in [0, 0.1) is 13.8 Å². The highest BCUT2D eigenvalue weighted by atomic mass is 16.1. The van der Waals surface area contributed by atoms with Crippen LogP contribution in [0.5, 0.6) is 0 Å². The molecule has 2 aromatic heterocycles. The summed E-state index contributed by atoms with van der Waals surface area (Å²) in [7, 11) is 1.94. The number of anilines is 1. The lowest BCUT2D eigenvalue weighted by Crippen LogP contribution is -2.26. The molecule has 2 rings (SSSR count). The molecule has 0 unspecified atom stereocenters. The molecule has 0 saturated heterocycles. The molecule has 0 aliphatic carbocycles. The Hall–Kier alpha value is -2.31. The average molecular weight is 262 g/mol. The number of H-pyrrole nitrogens is 1. The first-order chi connectivity index (χ1) is 8.99. The Kier molecular flexibility index (Phi) is 3.55. The molecule has 2 heterocycles. The molecule has 7 nitrogen and oxygen atoms in total. The van der Waals surface area contributed by atoms with E-state index in [0.717, 1.165) is 11.4 Å². The largest absolute Gasteiger partial charge is 0.367 e. The quantitative estimate of drug-likeness (QED) is 0.738. The second kappa shape index (κ2) is 5.13. The fourth-order valence-corrected chi connectivity index (χ4v) is 1.90. The Balaban J connectivity index is 1.92. The smallest absolute Gasteiger partial charge is 0.253 e. The number of aromatic amines is 1. The molecule has 4 N–H and O–H groups in total. The highest BCUT2D eigenvalue weighted by Crippen LogP contribution is 2.12. The lowest BCUT2D eigenvalue weighted by Gasteiger charge is -2.04. The van der Waals surface area contributed by atoms with Gasteiger partial charge in [-0.05, 0) is 19.9 Å². The molecule has 0 spiro atoms. The number of aryl methyl sites for hydroxylation is 1. The molecule has 19 heavy (non-hydrogen) atoms. The van der Waals surface area contributed by atoms with E-state index in [9.17, 15) is 4.79 Å². The number of hydrogen-bond donors (Lipinski definition) is 3. The third-order valence-electron chi connectivity index (χ3n) is 3.22. The molecule has 2 aromatic rings. The van der Waals surface area contributed by atoms with Gasteiger partial charge in [-0.15, -0.1) is 5.10 Å². The lowest BCUT2D eigenvalue weighted by molar-refractivity contribution is 0.0953. The summed E-state index contributed by atoms with van der Waals surface area (Å²) in [5, 5.41) is 9.29. The summed E-state index contributed by atoms with van der Waals surface area (Å²) >= 11 is 0. The zero-order valence-corrected chi connectivity index (χ0v) is 11.3. The molecule has 102 valence electrons. The molecule has 0 bridgehead atoms. The molecule has 0 atom stereocenters. The Labute approximate surface area is 111 Å². The van der Waals surface area contributed by atoms with Crippen LogP contribution in [-0.2, 0) is 13.5 Å². The minimum Gasteiger partial charge on any atom is -0.367 e. The van der Waals surface area contributed by atoms with Gasteiger partial charge in [-0.2, -0.15) is 4.98 Å². The number of aromatic nitrogens is 4. The van der Waals surface area contributed by atoms with Gasteiger partial charge in [0.1, 0.15) is 5.82 Å². The second-order valence-electron chi connectivity index (χ2n) is 4.49. The van der Waals surface area contributed by atoms with E-state index in [-0.39, 0.29) is 11.9 Å². The van der Waals surface area contributed by atoms with Crippen LogP contribution in [0.3, 0.4) is 0 Å². The van der Waals surface area contributed by atoms with Crippen molar-refractivity contribution in [1.29, 1.82) is 0 Å². The van der Waals surface area contributed by atoms with Crippen molar-refractivity contribution in [2.75, 3.05) is 12.3 Å². The normalized spacial score (nSPS) is 10.7. The van der Waals surface area contributed by atoms with Crippen LogP contribution in [0.1, 0.15) is 27.6 Å². The average Bonchev–Trinajstić information content (AvgIpc) is 2.89. The summed E-state index contributed by atoms with van der Waals surface area (Å²) in [6, 6.07) is 1.89. The molecule has 0 aliphatic heterocycles. The summed E-state index contributed by atoms with van der Waals surface area (Å²) in [4.78, 5) is 16.0. The first-order valence-electron chi connectivity index (χ1n) is 6.07. The van der Waals surface area contributed by atoms with Gasteiger partial charge in [-0.3, -0.25) is 9.89 Å². The topological polar surface area (TPSA) is 102 Å². The first-order valence-corrected chi connectivity index (χ1v) is 6.07. The van der Waals surface area contributed by atoms with Crippen LogP contribution < -0.4 is 11.1 Å². The zero-order valence-electron chi connectivity index (χ0n) is 11.3. The van der Waals surface area contributed by atoms with Gasteiger partial charge < -0.3 is 15.6 Å². The number of nitrogens with one attached hydrogen (secondary N) is 2. The number of nitrogen functional groups attached to an aromatic ring is 1. The van der Waals surface area contributed by atoms with Gasteiger partial charge >= 0.3 is 0 Å². The van der Waals surface area contributed by atoms with E-state index >= 15 is 0 Å². The fourth-order valence-electron chi connectivity index (χ4n) is 1.90. The molecule has 0 aromatic carbocycles. The van der Waals surface area contributed by atoms with Crippen molar-refractivity contribution in [3.05, 3.63) is 28.8 Å². The second-order valence-corrected chi connectivity index (χ2v) is 4.49. The number of rotatable bonds is 4. The fraction of sp³-hybridized carbons (Fsp3) is 0.417. The van der Waals surface area contributed by atoms with Gasteiger partial charge in [0.25, 0.3) is 5.91 Å². The lowest BCUT2D eigenvalue weighted by atomic mass is 10.2. The Morgan fingerprint density at radius 2 is 2.26 bits per heavy atom. The third-order valence-corrected chi connectivity index (χ3v) is 3.22. The van der Waals surface area contributed by atoms with E-state index in [0.29, 0.717) is 24.4 Å². The van der Waals surface area contributed by atoms with Gasteiger partial charge in [-0.1, -0.05) is 0 Å². The maximum absolute atomic E-state index is 12.0. The predicted octanol–water partition coefficient (Wildman–Crippen LogP) is 0.315. The standard InChI is InChI=1S/C12H18N6O/c1-7-6-9(8(2)18(7)3)11(19)14-5-4-10-15-12(13)17-16-10/h6H,4-5H2,1-3H3,(H,14,19)(H3,13,15,16,17). The van der Waals surface area contributed by atoms with Gasteiger partial charge in [0.05, 0.1) is 5.56 Å². The highest BCUT2D eigenvalue weighted by molar-refractivity contribution is 5.95. The number of amides is 1. The van der Waals surface area contributed by atoms with Crippen LogP contribution in [0.15, 0.2) is 6.07 Å². The maximum Gasteiger partial charge on any atom is 0.253 e. The summed E-state index contributed by atoms with van der Waals surface area (Å²) < 4.78 is 1.99. The van der Waals surface area contributed by atoms with E-state index < -0.39 is 0 Å². The molecule has 1 amide bonds. The molecule has 0 saturated carbocycles. The van der Waals surface area contributed by atoms with Gasteiger partial charge in [-0.25, -0.2) is 0 Å². The molecular weight excluding hydrogens is 244 g/mol. The summed E-state index contributed by atoms with van der Waals surface area (Å²) in [5.74, 6) is 0.809. The number of hydrogen-bond acceptors (Lipinski definition) is 4. The number of carbonyl (C=O) groups excluding carboxylic acids is 1. The van der Waals surface area contributed by atoms with Crippen molar-refractivity contribution >= 4 is 11.9 Å². The number of nitrogens with zero attached hydrogens (tertiary/aromatic N) is 3.